The van der Waals surface area contributed by atoms with Crippen LogP contribution in [0.3, 0.4) is 0 Å². The number of nitrogens with zero attached hydrogens (tertiary/aromatic N) is 1. The van der Waals surface area contributed by atoms with Gasteiger partial charge in [0.25, 0.3) is 0 Å². The number of nitrogens with one attached hydrogen (secondary N) is 1. The van der Waals surface area contributed by atoms with Gasteiger partial charge in [0.2, 0.25) is 0 Å². The zero-order valence-electron chi connectivity index (χ0n) is 10.7. The van der Waals surface area contributed by atoms with Crippen molar-refractivity contribution in [3.05, 3.63) is 34.3 Å². The van der Waals surface area contributed by atoms with Crippen LogP contribution in [0.25, 0.3) is 0 Å². The Morgan fingerprint density at radius 2 is 1.94 bits per heavy atom. The number of hydrogen-bond donors (Lipinski definition) is 1. The van der Waals surface area contributed by atoms with Crippen LogP contribution in [0.2, 0.25) is 0 Å². The van der Waals surface area contributed by atoms with E-state index in [0.717, 1.165) is 13.1 Å². The topological polar surface area (TPSA) is 15.3 Å². The standard InChI is InChI=1S/C13H21BrN2.ClH/c1-4-12(16(2)3)10-15-9-11-7-5-6-8-13(11)14;/h5-8,12,15H,4,9-10H2,1-3H3;1H. The minimum absolute atomic E-state index is 0. The average molecular weight is 322 g/mol. The molecule has 0 aromatic heterocycles. The van der Waals surface area contributed by atoms with Gasteiger partial charge in [-0.2, -0.15) is 0 Å². The van der Waals surface area contributed by atoms with E-state index in [-0.39, 0.29) is 12.4 Å². The second kappa shape index (κ2) is 8.92. The molecule has 1 aromatic carbocycles. The summed E-state index contributed by atoms with van der Waals surface area (Å²) >= 11 is 3.56. The van der Waals surface area contributed by atoms with Crippen LogP contribution in [0.1, 0.15) is 18.9 Å². The third-order valence-corrected chi connectivity index (χ3v) is 3.63. The molecule has 0 spiro atoms. The van der Waals surface area contributed by atoms with Crippen molar-refractivity contribution in [3.63, 3.8) is 0 Å². The lowest BCUT2D eigenvalue weighted by molar-refractivity contribution is 0.276. The third-order valence-electron chi connectivity index (χ3n) is 2.85. The average Bonchev–Trinajstić information content (AvgIpc) is 2.26. The number of hydrogen-bond acceptors (Lipinski definition) is 2. The lowest BCUT2D eigenvalue weighted by Gasteiger charge is -2.23. The number of rotatable bonds is 6. The SMILES string of the molecule is CCC(CNCc1ccccc1Br)N(C)C.Cl. The molecule has 1 aromatic rings. The van der Waals surface area contributed by atoms with Gasteiger partial charge in [-0.25, -0.2) is 0 Å². The first-order valence-corrected chi connectivity index (χ1v) is 6.55. The fourth-order valence-corrected chi connectivity index (χ4v) is 2.13. The predicted octanol–water partition coefficient (Wildman–Crippen LogP) is 3.30. The van der Waals surface area contributed by atoms with E-state index in [1.165, 1.54) is 16.5 Å². The van der Waals surface area contributed by atoms with Gasteiger partial charge >= 0.3 is 0 Å². The molecule has 1 unspecified atom stereocenters. The number of likely N-dealkylation sites (N-methyl/N-ethyl adjacent to an activating group) is 1. The highest BCUT2D eigenvalue weighted by Crippen LogP contribution is 2.15. The van der Waals surface area contributed by atoms with Crippen molar-refractivity contribution in [1.29, 1.82) is 0 Å². The minimum Gasteiger partial charge on any atom is -0.311 e. The highest BCUT2D eigenvalue weighted by atomic mass is 79.9. The van der Waals surface area contributed by atoms with E-state index in [2.05, 4.69) is 65.4 Å². The third kappa shape index (κ3) is 5.87. The zero-order valence-corrected chi connectivity index (χ0v) is 13.1. The molecule has 0 amide bonds. The van der Waals surface area contributed by atoms with E-state index in [1.807, 2.05) is 6.07 Å². The van der Waals surface area contributed by atoms with Crippen LogP contribution in [-0.2, 0) is 6.54 Å². The predicted molar refractivity (Wildman–Crippen MR) is 80.9 cm³/mol. The molecule has 0 aliphatic carbocycles. The van der Waals surface area contributed by atoms with Crippen LogP contribution in [0.5, 0.6) is 0 Å². The monoisotopic (exact) mass is 320 g/mol. The molecule has 17 heavy (non-hydrogen) atoms. The van der Waals surface area contributed by atoms with Crippen LogP contribution in [0.4, 0.5) is 0 Å². The summed E-state index contributed by atoms with van der Waals surface area (Å²) in [4.78, 5) is 2.27. The van der Waals surface area contributed by atoms with Gasteiger partial charge in [0.15, 0.2) is 0 Å². The first kappa shape index (κ1) is 16.9. The Morgan fingerprint density at radius 3 is 2.47 bits per heavy atom. The summed E-state index contributed by atoms with van der Waals surface area (Å²) < 4.78 is 1.18. The Kier molecular flexibility index (Phi) is 8.88. The summed E-state index contributed by atoms with van der Waals surface area (Å²) in [5, 5.41) is 3.50. The van der Waals surface area contributed by atoms with Gasteiger partial charge in [-0.05, 0) is 32.1 Å². The van der Waals surface area contributed by atoms with E-state index in [4.69, 9.17) is 0 Å². The quantitative estimate of drug-likeness (QED) is 0.865. The molecule has 1 N–H and O–H groups in total. The second-order valence-corrected chi connectivity index (χ2v) is 5.10. The van der Waals surface area contributed by atoms with E-state index in [1.54, 1.807) is 0 Å². The maximum Gasteiger partial charge on any atom is 0.0220 e. The lowest BCUT2D eigenvalue weighted by atomic mass is 10.2. The zero-order chi connectivity index (χ0) is 12.0. The van der Waals surface area contributed by atoms with Crippen LogP contribution in [0.15, 0.2) is 28.7 Å². The van der Waals surface area contributed by atoms with Crippen molar-refractivity contribution in [2.45, 2.75) is 25.9 Å². The molecule has 0 radical (unpaired) electrons. The molecule has 0 fully saturated rings. The summed E-state index contributed by atoms with van der Waals surface area (Å²) in [6.07, 6.45) is 1.18. The smallest absolute Gasteiger partial charge is 0.0220 e. The highest BCUT2D eigenvalue weighted by Gasteiger charge is 2.07. The van der Waals surface area contributed by atoms with Crippen molar-refractivity contribution >= 4 is 28.3 Å². The molecule has 2 nitrogen and oxygen atoms in total. The van der Waals surface area contributed by atoms with Gasteiger partial charge < -0.3 is 10.2 Å². The van der Waals surface area contributed by atoms with Crippen molar-refractivity contribution < 1.29 is 0 Å². The fourth-order valence-electron chi connectivity index (χ4n) is 1.71. The van der Waals surface area contributed by atoms with E-state index >= 15 is 0 Å². The Bertz CT molecular complexity index is 318. The van der Waals surface area contributed by atoms with E-state index in [0.29, 0.717) is 6.04 Å². The fraction of sp³-hybridized carbons (Fsp3) is 0.538. The summed E-state index contributed by atoms with van der Waals surface area (Å²) in [5.41, 5.74) is 1.32. The Hall–Kier alpha value is -0.0900. The van der Waals surface area contributed by atoms with Crippen LogP contribution in [-0.4, -0.2) is 31.6 Å². The van der Waals surface area contributed by atoms with Gasteiger partial charge in [0, 0.05) is 23.6 Å². The van der Waals surface area contributed by atoms with Gasteiger partial charge in [-0.15, -0.1) is 12.4 Å². The van der Waals surface area contributed by atoms with E-state index < -0.39 is 0 Å². The molecule has 1 rings (SSSR count). The minimum atomic E-state index is 0. The summed E-state index contributed by atoms with van der Waals surface area (Å²) in [6.45, 7) is 4.18. The lowest BCUT2D eigenvalue weighted by Crippen LogP contribution is -2.37. The van der Waals surface area contributed by atoms with Gasteiger partial charge in [-0.1, -0.05) is 41.1 Å². The maximum absolute atomic E-state index is 3.56. The van der Waals surface area contributed by atoms with Crippen molar-refractivity contribution in [3.8, 4) is 0 Å². The highest BCUT2D eigenvalue weighted by molar-refractivity contribution is 9.10. The summed E-state index contributed by atoms with van der Waals surface area (Å²) in [7, 11) is 4.27. The largest absolute Gasteiger partial charge is 0.311 e. The van der Waals surface area contributed by atoms with Crippen molar-refractivity contribution in [1.82, 2.24) is 10.2 Å². The van der Waals surface area contributed by atoms with E-state index in [9.17, 15) is 0 Å². The molecule has 0 saturated carbocycles. The van der Waals surface area contributed by atoms with Gasteiger partial charge in [0.1, 0.15) is 0 Å². The van der Waals surface area contributed by atoms with Crippen LogP contribution >= 0.6 is 28.3 Å². The van der Waals surface area contributed by atoms with Gasteiger partial charge in [0.05, 0.1) is 0 Å². The maximum atomic E-state index is 3.56. The van der Waals surface area contributed by atoms with Crippen LogP contribution < -0.4 is 5.32 Å². The van der Waals surface area contributed by atoms with Gasteiger partial charge in [-0.3, -0.25) is 0 Å². The first-order chi connectivity index (χ1) is 7.65. The summed E-state index contributed by atoms with van der Waals surface area (Å²) in [6, 6.07) is 8.96. The normalized spacial score (nSPS) is 12.3. The molecule has 0 saturated heterocycles. The van der Waals surface area contributed by atoms with Crippen LogP contribution in [0, 0.1) is 0 Å². The molecule has 1 atom stereocenters. The number of benzene rings is 1. The molecule has 0 bridgehead atoms. The Balaban J connectivity index is 0.00000256. The Morgan fingerprint density at radius 1 is 1.29 bits per heavy atom. The van der Waals surface area contributed by atoms with Crippen molar-refractivity contribution in [2.24, 2.45) is 0 Å². The number of halogens is 2. The molecular weight excluding hydrogens is 300 g/mol. The molecule has 0 heterocycles. The molecule has 98 valence electrons. The molecule has 0 aliphatic rings. The molecular formula is C13H22BrClN2. The Labute approximate surface area is 119 Å². The molecule has 0 aliphatic heterocycles. The van der Waals surface area contributed by atoms with Crippen molar-refractivity contribution in [2.75, 3.05) is 20.6 Å². The molecule has 4 heteroatoms. The second-order valence-electron chi connectivity index (χ2n) is 4.25. The summed E-state index contributed by atoms with van der Waals surface area (Å²) in [5.74, 6) is 0. The first-order valence-electron chi connectivity index (χ1n) is 5.75.